The molecule has 0 spiro atoms. The minimum absolute atomic E-state index is 0.0173. The van der Waals surface area contributed by atoms with Crippen molar-refractivity contribution in [2.45, 2.75) is 37.5 Å². The largest absolute Gasteiger partial charge is 0.371 e. The minimum atomic E-state index is -3.48. The third-order valence-corrected chi connectivity index (χ3v) is 8.69. The smallest absolute Gasteiger partial charge is 0.243 e. The highest BCUT2D eigenvalue weighted by Gasteiger charge is 2.28. The van der Waals surface area contributed by atoms with Gasteiger partial charge in [-0.05, 0) is 74.1 Å². The molecule has 2 aliphatic rings. The first-order chi connectivity index (χ1) is 15.3. The number of amides is 1. The lowest BCUT2D eigenvalue weighted by atomic mass is 9.95. The van der Waals surface area contributed by atoms with Crippen molar-refractivity contribution < 1.29 is 13.2 Å². The predicted molar refractivity (Wildman–Crippen MR) is 129 cm³/mol. The maximum absolute atomic E-state index is 12.9. The van der Waals surface area contributed by atoms with Crippen molar-refractivity contribution in [3.8, 4) is 0 Å². The Morgan fingerprint density at radius 2 is 1.62 bits per heavy atom. The highest BCUT2D eigenvalue weighted by atomic mass is 35.5. The molecule has 0 saturated carbocycles. The van der Waals surface area contributed by atoms with Gasteiger partial charge in [-0.2, -0.15) is 4.31 Å². The average Bonchev–Trinajstić information content (AvgIpc) is 2.80. The molecule has 2 aromatic rings. The lowest BCUT2D eigenvalue weighted by Crippen LogP contribution is -2.38. The second-order valence-corrected chi connectivity index (χ2v) is 11.2. The van der Waals surface area contributed by atoms with Crippen LogP contribution in [-0.2, 0) is 14.8 Å². The zero-order chi connectivity index (χ0) is 22.7. The number of sulfonamides is 1. The number of halogens is 1. The van der Waals surface area contributed by atoms with Gasteiger partial charge in [0, 0.05) is 48.5 Å². The molecule has 0 unspecified atom stereocenters. The summed E-state index contributed by atoms with van der Waals surface area (Å²) in [6, 6.07) is 14.3. The van der Waals surface area contributed by atoms with E-state index in [1.54, 1.807) is 28.6 Å². The molecule has 8 heteroatoms. The van der Waals surface area contributed by atoms with Crippen LogP contribution in [0.1, 0.15) is 32.6 Å². The summed E-state index contributed by atoms with van der Waals surface area (Å²) >= 11 is 6.09. The monoisotopic (exact) mass is 475 g/mol. The molecule has 2 aliphatic heterocycles. The molecule has 0 aliphatic carbocycles. The van der Waals surface area contributed by atoms with Crippen LogP contribution >= 0.6 is 11.6 Å². The molecule has 0 bridgehead atoms. The van der Waals surface area contributed by atoms with Crippen LogP contribution in [0.25, 0.3) is 0 Å². The van der Waals surface area contributed by atoms with E-state index in [0.29, 0.717) is 29.7 Å². The van der Waals surface area contributed by atoms with Crippen LogP contribution in [0, 0.1) is 11.8 Å². The summed E-state index contributed by atoms with van der Waals surface area (Å²) in [5, 5.41) is 3.66. The second-order valence-electron chi connectivity index (χ2n) is 8.84. The van der Waals surface area contributed by atoms with Crippen LogP contribution in [-0.4, -0.2) is 44.8 Å². The normalized spacial score (nSPS) is 19.1. The molecule has 0 atom stereocenters. The number of rotatable bonds is 5. The molecule has 32 heavy (non-hydrogen) atoms. The maximum atomic E-state index is 12.9. The number of hydrogen-bond acceptors (Lipinski definition) is 4. The molecular weight excluding hydrogens is 446 g/mol. The Kier molecular flexibility index (Phi) is 7.08. The fourth-order valence-corrected chi connectivity index (χ4v) is 6.06. The first-order valence-corrected chi connectivity index (χ1v) is 13.1. The van der Waals surface area contributed by atoms with Gasteiger partial charge < -0.3 is 10.2 Å². The SMILES string of the molecule is CC1CCN(S(=O)(=O)c2ccc(NC(=O)C3CCN(c4cccc(Cl)c4)CC3)cc2)CC1. The first kappa shape index (κ1) is 23.1. The minimum Gasteiger partial charge on any atom is -0.371 e. The number of benzene rings is 2. The van der Waals surface area contributed by atoms with E-state index in [1.807, 2.05) is 24.3 Å². The van der Waals surface area contributed by atoms with Gasteiger partial charge in [-0.25, -0.2) is 8.42 Å². The summed E-state index contributed by atoms with van der Waals surface area (Å²) in [6.07, 6.45) is 3.31. The third-order valence-electron chi connectivity index (χ3n) is 6.54. The zero-order valence-electron chi connectivity index (χ0n) is 18.3. The number of anilines is 2. The summed E-state index contributed by atoms with van der Waals surface area (Å²) in [5.41, 5.74) is 1.70. The fraction of sp³-hybridized carbons (Fsp3) is 0.458. The fourth-order valence-electron chi connectivity index (χ4n) is 4.40. The molecule has 2 aromatic carbocycles. The van der Waals surface area contributed by atoms with Crippen molar-refractivity contribution in [3.05, 3.63) is 53.6 Å². The van der Waals surface area contributed by atoms with Crippen LogP contribution in [0.5, 0.6) is 0 Å². The van der Waals surface area contributed by atoms with E-state index in [1.165, 1.54) is 0 Å². The van der Waals surface area contributed by atoms with Crippen molar-refractivity contribution in [1.82, 2.24) is 4.31 Å². The molecular formula is C24H30ClN3O3S. The van der Waals surface area contributed by atoms with E-state index >= 15 is 0 Å². The summed E-state index contributed by atoms with van der Waals surface area (Å²) < 4.78 is 27.3. The Morgan fingerprint density at radius 1 is 0.969 bits per heavy atom. The summed E-state index contributed by atoms with van der Waals surface area (Å²) in [4.78, 5) is 15.3. The van der Waals surface area contributed by atoms with Crippen molar-refractivity contribution in [3.63, 3.8) is 0 Å². The number of carbonyl (C=O) groups is 1. The van der Waals surface area contributed by atoms with Gasteiger partial charge >= 0.3 is 0 Å². The van der Waals surface area contributed by atoms with Crippen molar-refractivity contribution in [2.75, 3.05) is 36.4 Å². The molecule has 2 heterocycles. The molecule has 0 radical (unpaired) electrons. The number of nitrogens with one attached hydrogen (secondary N) is 1. The van der Waals surface area contributed by atoms with Crippen molar-refractivity contribution in [1.29, 1.82) is 0 Å². The lowest BCUT2D eigenvalue weighted by Gasteiger charge is -2.33. The zero-order valence-corrected chi connectivity index (χ0v) is 19.9. The molecule has 172 valence electrons. The van der Waals surface area contributed by atoms with Gasteiger partial charge in [0.2, 0.25) is 15.9 Å². The number of nitrogens with zero attached hydrogens (tertiary/aromatic N) is 2. The molecule has 1 N–H and O–H groups in total. The van der Waals surface area contributed by atoms with Gasteiger partial charge in [0.05, 0.1) is 4.90 Å². The maximum Gasteiger partial charge on any atom is 0.243 e. The van der Waals surface area contributed by atoms with Crippen LogP contribution in [0.3, 0.4) is 0 Å². The predicted octanol–water partition coefficient (Wildman–Crippen LogP) is 4.62. The van der Waals surface area contributed by atoms with E-state index in [0.717, 1.165) is 44.5 Å². The molecule has 2 saturated heterocycles. The Bertz CT molecular complexity index is 1040. The van der Waals surface area contributed by atoms with Gasteiger partial charge in [-0.1, -0.05) is 24.6 Å². The highest BCUT2D eigenvalue weighted by Crippen LogP contribution is 2.27. The van der Waals surface area contributed by atoms with E-state index in [2.05, 4.69) is 17.1 Å². The second kappa shape index (κ2) is 9.81. The van der Waals surface area contributed by atoms with Crippen LogP contribution in [0.15, 0.2) is 53.4 Å². The van der Waals surface area contributed by atoms with E-state index in [4.69, 9.17) is 11.6 Å². The lowest BCUT2D eigenvalue weighted by molar-refractivity contribution is -0.120. The Morgan fingerprint density at radius 3 is 2.25 bits per heavy atom. The Labute approximate surface area is 195 Å². The molecule has 1 amide bonds. The van der Waals surface area contributed by atoms with Gasteiger partial charge in [-0.15, -0.1) is 0 Å². The topological polar surface area (TPSA) is 69.7 Å². The van der Waals surface area contributed by atoms with E-state index < -0.39 is 10.0 Å². The third kappa shape index (κ3) is 5.27. The standard InChI is InChI=1S/C24H30ClN3O3S/c1-18-9-15-28(16-10-18)32(30,31)23-7-5-21(6-8-23)26-24(29)19-11-13-27(14-12-19)22-4-2-3-20(25)17-22/h2-8,17-19H,9-16H2,1H3,(H,26,29). The van der Waals surface area contributed by atoms with Crippen LogP contribution < -0.4 is 10.2 Å². The summed E-state index contributed by atoms with van der Waals surface area (Å²) in [6.45, 7) is 4.88. The molecule has 4 rings (SSSR count). The van der Waals surface area contributed by atoms with Gasteiger partial charge in [-0.3, -0.25) is 4.79 Å². The van der Waals surface area contributed by atoms with Crippen molar-refractivity contribution >= 4 is 38.9 Å². The summed E-state index contributed by atoms with van der Waals surface area (Å²) in [7, 11) is -3.48. The van der Waals surface area contributed by atoms with Crippen LogP contribution in [0.4, 0.5) is 11.4 Å². The molecule has 2 fully saturated rings. The average molecular weight is 476 g/mol. The van der Waals surface area contributed by atoms with Crippen LogP contribution in [0.2, 0.25) is 5.02 Å². The first-order valence-electron chi connectivity index (χ1n) is 11.2. The number of piperidine rings is 2. The van der Waals surface area contributed by atoms with Gasteiger partial charge in [0.25, 0.3) is 0 Å². The number of carbonyl (C=O) groups excluding carboxylic acids is 1. The van der Waals surface area contributed by atoms with Gasteiger partial charge in [0.1, 0.15) is 0 Å². The Hall–Kier alpha value is -2.09. The quantitative estimate of drug-likeness (QED) is 0.685. The van der Waals surface area contributed by atoms with E-state index in [9.17, 15) is 13.2 Å². The molecule has 0 aromatic heterocycles. The summed E-state index contributed by atoms with van der Waals surface area (Å²) in [5.74, 6) is 0.483. The van der Waals surface area contributed by atoms with Crippen molar-refractivity contribution in [2.24, 2.45) is 11.8 Å². The number of hydrogen-bond donors (Lipinski definition) is 1. The molecule has 6 nitrogen and oxygen atoms in total. The highest BCUT2D eigenvalue weighted by molar-refractivity contribution is 7.89. The van der Waals surface area contributed by atoms with Gasteiger partial charge in [0.15, 0.2) is 0 Å². The Balaban J connectivity index is 1.32. The van der Waals surface area contributed by atoms with E-state index in [-0.39, 0.29) is 16.7 Å².